The highest BCUT2D eigenvalue weighted by Crippen LogP contribution is 2.21. The average Bonchev–Trinajstić information content (AvgIpc) is 2.61. The van der Waals surface area contributed by atoms with Gasteiger partial charge in [-0.3, -0.25) is 9.78 Å². The molecule has 0 saturated heterocycles. The van der Waals surface area contributed by atoms with Gasteiger partial charge in [0, 0.05) is 29.3 Å². The van der Waals surface area contributed by atoms with Gasteiger partial charge in [-0.2, -0.15) is 0 Å². The maximum atomic E-state index is 14.0. The molecule has 0 spiro atoms. The summed E-state index contributed by atoms with van der Waals surface area (Å²) in [6.45, 7) is 1.77. The first-order valence-electron chi connectivity index (χ1n) is 8.37. The first-order valence-corrected chi connectivity index (χ1v) is 10.4. The van der Waals surface area contributed by atoms with Gasteiger partial charge < -0.3 is 5.32 Å². The van der Waals surface area contributed by atoms with Crippen LogP contribution in [0.5, 0.6) is 0 Å². The highest BCUT2D eigenvalue weighted by molar-refractivity contribution is 7.89. The summed E-state index contributed by atoms with van der Waals surface area (Å²) in [5.41, 5.74) is 2.83. The zero-order valence-electron chi connectivity index (χ0n) is 15.3. The van der Waals surface area contributed by atoms with Crippen molar-refractivity contribution in [3.8, 4) is 11.3 Å². The molecule has 1 amide bonds. The second kappa shape index (κ2) is 7.85. The van der Waals surface area contributed by atoms with E-state index in [-0.39, 0.29) is 11.3 Å². The summed E-state index contributed by atoms with van der Waals surface area (Å²) in [7, 11) is -3.14. The van der Waals surface area contributed by atoms with Crippen LogP contribution in [0.2, 0.25) is 0 Å². The normalized spacial score (nSPS) is 11.2. The SMILES string of the molecule is Cc1cncc(-c2cc(F)cc(C(=O)Nc3ccc(CS(C)(=O)=O)cc3)c2)n1. The predicted octanol–water partition coefficient (Wildman–Crippen LogP) is 3.39. The van der Waals surface area contributed by atoms with E-state index in [0.717, 1.165) is 12.3 Å². The Balaban J connectivity index is 1.81. The summed E-state index contributed by atoms with van der Waals surface area (Å²) in [5, 5.41) is 2.67. The van der Waals surface area contributed by atoms with E-state index in [1.54, 1.807) is 43.5 Å². The highest BCUT2D eigenvalue weighted by atomic mass is 32.2. The Morgan fingerprint density at radius 3 is 2.46 bits per heavy atom. The fourth-order valence-electron chi connectivity index (χ4n) is 2.66. The summed E-state index contributed by atoms with van der Waals surface area (Å²) >= 11 is 0. The first-order chi connectivity index (χ1) is 13.2. The van der Waals surface area contributed by atoms with Crippen LogP contribution < -0.4 is 5.32 Å². The lowest BCUT2D eigenvalue weighted by Gasteiger charge is -2.09. The number of hydrogen-bond donors (Lipinski definition) is 1. The standard InChI is InChI=1S/C20H18FN3O3S/c1-13-10-22-11-19(23-13)15-7-16(9-17(21)8-15)20(25)24-18-5-3-14(4-6-18)12-28(2,26)27/h3-11H,12H2,1-2H3,(H,24,25). The molecule has 0 aliphatic carbocycles. The Morgan fingerprint density at radius 1 is 1.11 bits per heavy atom. The lowest BCUT2D eigenvalue weighted by Crippen LogP contribution is -2.12. The number of aromatic nitrogens is 2. The minimum absolute atomic E-state index is 0.0774. The van der Waals surface area contributed by atoms with Crippen molar-refractivity contribution in [2.75, 3.05) is 11.6 Å². The van der Waals surface area contributed by atoms with Gasteiger partial charge in [-0.1, -0.05) is 12.1 Å². The molecule has 1 aromatic heterocycles. The van der Waals surface area contributed by atoms with E-state index < -0.39 is 21.6 Å². The number of carbonyl (C=O) groups excluding carboxylic acids is 1. The number of rotatable bonds is 5. The summed E-state index contributed by atoms with van der Waals surface area (Å²) in [5.74, 6) is -1.13. The molecule has 144 valence electrons. The van der Waals surface area contributed by atoms with Gasteiger partial charge in [0.05, 0.1) is 23.3 Å². The van der Waals surface area contributed by atoms with Crippen molar-refractivity contribution in [3.05, 3.63) is 77.5 Å². The van der Waals surface area contributed by atoms with Crippen molar-refractivity contribution in [1.82, 2.24) is 9.97 Å². The van der Waals surface area contributed by atoms with Crippen LogP contribution in [0.1, 0.15) is 21.6 Å². The molecule has 3 aromatic rings. The number of anilines is 1. The molecular formula is C20H18FN3O3S. The molecule has 6 nitrogen and oxygen atoms in total. The van der Waals surface area contributed by atoms with E-state index >= 15 is 0 Å². The van der Waals surface area contributed by atoms with Crippen LogP contribution in [0.15, 0.2) is 54.9 Å². The van der Waals surface area contributed by atoms with Crippen molar-refractivity contribution in [3.63, 3.8) is 0 Å². The van der Waals surface area contributed by atoms with Gasteiger partial charge in [0.25, 0.3) is 5.91 Å². The maximum Gasteiger partial charge on any atom is 0.255 e. The van der Waals surface area contributed by atoms with E-state index in [2.05, 4.69) is 15.3 Å². The summed E-state index contributed by atoms with van der Waals surface area (Å²) in [6.07, 6.45) is 4.25. The molecule has 8 heteroatoms. The van der Waals surface area contributed by atoms with Crippen molar-refractivity contribution >= 4 is 21.4 Å². The number of halogens is 1. The average molecular weight is 399 g/mol. The van der Waals surface area contributed by atoms with Gasteiger partial charge in [-0.15, -0.1) is 0 Å². The third-order valence-electron chi connectivity index (χ3n) is 3.85. The minimum atomic E-state index is -3.14. The molecule has 0 aliphatic rings. The quantitative estimate of drug-likeness (QED) is 0.710. The second-order valence-electron chi connectivity index (χ2n) is 6.50. The molecule has 0 atom stereocenters. The summed E-state index contributed by atoms with van der Waals surface area (Å²) in [4.78, 5) is 20.9. The second-order valence-corrected chi connectivity index (χ2v) is 8.64. The molecule has 0 fully saturated rings. The fraction of sp³-hybridized carbons (Fsp3) is 0.150. The van der Waals surface area contributed by atoms with Crippen LogP contribution in [-0.4, -0.2) is 30.5 Å². The molecule has 0 unspecified atom stereocenters. The van der Waals surface area contributed by atoms with Crippen molar-refractivity contribution in [2.45, 2.75) is 12.7 Å². The van der Waals surface area contributed by atoms with Gasteiger partial charge in [0.2, 0.25) is 0 Å². The van der Waals surface area contributed by atoms with Gasteiger partial charge in [-0.05, 0) is 42.8 Å². The Bertz CT molecular complexity index is 1130. The Kier molecular flexibility index (Phi) is 5.51. The number of benzene rings is 2. The lowest BCUT2D eigenvalue weighted by atomic mass is 10.1. The Morgan fingerprint density at radius 2 is 1.82 bits per heavy atom. The number of hydrogen-bond acceptors (Lipinski definition) is 5. The number of sulfone groups is 1. The summed E-state index contributed by atoms with van der Waals surface area (Å²) < 4.78 is 36.7. The minimum Gasteiger partial charge on any atom is -0.322 e. The molecule has 1 N–H and O–H groups in total. The molecule has 0 saturated carbocycles. The molecule has 0 radical (unpaired) electrons. The molecular weight excluding hydrogens is 381 g/mol. The van der Waals surface area contributed by atoms with Crippen LogP contribution in [-0.2, 0) is 15.6 Å². The van der Waals surface area contributed by atoms with Crippen LogP contribution in [0.3, 0.4) is 0 Å². The topological polar surface area (TPSA) is 89.0 Å². The van der Waals surface area contributed by atoms with E-state index in [4.69, 9.17) is 0 Å². The largest absolute Gasteiger partial charge is 0.322 e. The van der Waals surface area contributed by atoms with Crippen molar-refractivity contribution < 1.29 is 17.6 Å². The molecule has 0 bridgehead atoms. The van der Waals surface area contributed by atoms with Gasteiger partial charge in [-0.25, -0.2) is 17.8 Å². The van der Waals surface area contributed by atoms with Crippen LogP contribution >= 0.6 is 0 Å². The summed E-state index contributed by atoms with van der Waals surface area (Å²) in [6, 6.07) is 10.4. The van der Waals surface area contributed by atoms with Gasteiger partial charge in [0.1, 0.15) is 5.82 Å². The van der Waals surface area contributed by atoms with E-state index in [9.17, 15) is 17.6 Å². The first kappa shape index (κ1) is 19.6. The van der Waals surface area contributed by atoms with Crippen LogP contribution in [0.25, 0.3) is 11.3 Å². The van der Waals surface area contributed by atoms with E-state index in [1.165, 1.54) is 12.3 Å². The Labute approximate surface area is 162 Å². The molecule has 0 aliphatic heterocycles. The highest BCUT2D eigenvalue weighted by Gasteiger charge is 2.12. The van der Waals surface area contributed by atoms with Gasteiger partial charge >= 0.3 is 0 Å². The lowest BCUT2D eigenvalue weighted by molar-refractivity contribution is 0.102. The van der Waals surface area contributed by atoms with E-state index in [0.29, 0.717) is 28.2 Å². The monoisotopic (exact) mass is 399 g/mol. The zero-order chi connectivity index (χ0) is 20.3. The number of carbonyl (C=O) groups is 1. The van der Waals surface area contributed by atoms with Gasteiger partial charge in [0.15, 0.2) is 9.84 Å². The molecule has 3 rings (SSSR count). The maximum absolute atomic E-state index is 14.0. The third kappa shape index (κ3) is 5.20. The van der Waals surface area contributed by atoms with E-state index in [1.807, 2.05) is 0 Å². The van der Waals surface area contributed by atoms with Crippen molar-refractivity contribution in [1.29, 1.82) is 0 Å². The fourth-order valence-corrected chi connectivity index (χ4v) is 3.46. The van der Waals surface area contributed by atoms with Crippen LogP contribution in [0.4, 0.5) is 10.1 Å². The number of nitrogens with zero attached hydrogens (tertiary/aromatic N) is 2. The molecule has 1 heterocycles. The number of nitrogens with one attached hydrogen (secondary N) is 1. The smallest absolute Gasteiger partial charge is 0.255 e. The van der Waals surface area contributed by atoms with Crippen molar-refractivity contribution in [2.24, 2.45) is 0 Å². The molecule has 28 heavy (non-hydrogen) atoms. The third-order valence-corrected chi connectivity index (χ3v) is 4.71. The number of amides is 1. The Hall–Kier alpha value is -3.13. The van der Waals surface area contributed by atoms with Crippen LogP contribution in [0, 0.1) is 12.7 Å². The predicted molar refractivity (Wildman–Crippen MR) is 105 cm³/mol. The number of aryl methyl sites for hydroxylation is 1. The zero-order valence-corrected chi connectivity index (χ0v) is 16.1. The molecule has 2 aromatic carbocycles.